The summed E-state index contributed by atoms with van der Waals surface area (Å²) in [5, 5.41) is 12.3. The monoisotopic (exact) mass is 320 g/mol. The molecule has 0 aliphatic carbocycles. The van der Waals surface area contributed by atoms with Crippen LogP contribution in [0.2, 0.25) is 0 Å². The van der Waals surface area contributed by atoms with Crippen molar-refractivity contribution in [2.24, 2.45) is 0 Å². The van der Waals surface area contributed by atoms with Crippen molar-refractivity contribution in [3.63, 3.8) is 0 Å². The molecule has 5 heteroatoms. The van der Waals surface area contributed by atoms with E-state index in [1.807, 2.05) is 24.3 Å². The van der Waals surface area contributed by atoms with Gasteiger partial charge in [-0.05, 0) is 33.1 Å². The van der Waals surface area contributed by atoms with Crippen LogP contribution in [0.15, 0.2) is 53.3 Å². The van der Waals surface area contributed by atoms with Crippen LogP contribution in [-0.2, 0) is 11.3 Å². The van der Waals surface area contributed by atoms with Crippen LogP contribution in [-0.4, -0.2) is 16.1 Å². The fourth-order valence-electron chi connectivity index (χ4n) is 1.77. The molecule has 1 atom stereocenters. The Morgan fingerprint density at radius 1 is 1.32 bits per heavy atom. The smallest absolute Gasteiger partial charge is 0.325 e. The fourth-order valence-corrected chi connectivity index (χ4v) is 2.18. The van der Waals surface area contributed by atoms with Crippen LogP contribution in [0.25, 0.3) is 0 Å². The van der Waals surface area contributed by atoms with Gasteiger partial charge >= 0.3 is 5.97 Å². The Balaban J connectivity index is 2.08. The number of aromatic nitrogens is 1. The molecule has 1 aromatic carbocycles. The number of aliphatic carboxylic acids is 1. The molecule has 0 aliphatic rings. The molecule has 1 heterocycles. The van der Waals surface area contributed by atoms with E-state index in [1.54, 1.807) is 24.5 Å². The molecule has 2 rings (SSSR count). The first-order valence-corrected chi connectivity index (χ1v) is 6.56. The van der Waals surface area contributed by atoms with Crippen LogP contribution in [0.4, 0.5) is 0 Å². The summed E-state index contributed by atoms with van der Waals surface area (Å²) < 4.78 is 0.874. The number of carboxylic acids is 1. The molecular weight excluding hydrogens is 308 g/mol. The van der Waals surface area contributed by atoms with E-state index in [2.05, 4.69) is 26.2 Å². The van der Waals surface area contributed by atoms with Crippen LogP contribution in [0.1, 0.15) is 17.2 Å². The molecule has 1 aromatic heterocycles. The van der Waals surface area contributed by atoms with Gasteiger partial charge in [0.25, 0.3) is 0 Å². The Kier molecular flexibility index (Phi) is 4.65. The Morgan fingerprint density at radius 2 is 2.05 bits per heavy atom. The van der Waals surface area contributed by atoms with Gasteiger partial charge in [-0.2, -0.15) is 0 Å². The average molecular weight is 321 g/mol. The van der Waals surface area contributed by atoms with Gasteiger partial charge in [0, 0.05) is 23.4 Å². The molecule has 0 saturated heterocycles. The van der Waals surface area contributed by atoms with E-state index >= 15 is 0 Å². The SMILES string of the molecule is O=C(O)C(NCc1cncc(Br)c1)c1ccccc1. The first kappa shape index (κ1) is 13.7. The highest BCUT2D eigenvalue weighted by molar-refractivity contribution is 9.10. The third-order valence-corrected chi connectivity index (χ3v) is 3.09. The number of halogens is 1. The lowest BCUT2D eigenvalue weighted by atomic mass is 10.1. The maximum absolute atomic E-state index is 11.3. The number of nitrogens with one attached hydrogen (secondary N) is 1. The second-order valence-electron chi connectivity index (χ2n) is 4.07. The molecule has 98 valence electrons. The average Bonchev–Trinajstić information content (AvgIpc) is 2.40. The van der Waals surface area contributed by atoms with Crippen LogP contribution < -0.4 is 5.32 Å². The van der Waals surface area contributed by atoms with Crippen molar-refractivity contribution in [3.8, 4) is 0 Å². The second kappa shape index (κ2) is 6.45. The summed E-state index contributed by atoms with van der Waals surface area (Å²) in [6.45, 7) is 0.443. The normalized spacial score (nSPS) is 12.1. The van der Waals surface area contributed by atoms with Crippen LogP contribution in [0.3, 0.4) is 0 Å². The number of carbonyl (C=O) groups is 1. The Hall–Kier alpha value is -1.72. The molecule has 0 aliphatic heterocycles. The van der Waals surface area contributed by atoms with Gasteiger partial charge in [-0.15, -0.1) is 0 Å². The van der Waals surface area contributed by atoms with E-state index in [0.717, 1.165) is 15.6 Å². The fraction of sp³-hybridized carbons (Fsp3) is 0.143. The molecule has 1 unspecified atom stereocenters. The minimum absolute atomic E-state index is 0.443. The van der Waals surface area contributed by atoms with Crippen molar-refractivity contribution in [1.29, 1.82) is 0 Å². The zero-order valence-electron chi connectivity index (χ0n) is 10.1. The Bertz CT molecular complexity index is 560. The Labute approximate surface area is 119 Å². The molecule has 2 aromatic rings. The lowest BCUT2D eigenvalue weighted by molar-refractivity contribution is -0.139. The van der Waals surface area contributed by atoms with E-state index in [9.17, 15) is 9.90 Å². The summed E-state index contributed by atoms with van der Waals surface area (Å²) in [5.41, 5.74) is 1.66. The number of pyridine rings is 1. The van der Waals surface area contributed by atoms with Gasteiger partial charge in [0.15, 0.2) is 0 Å². The third-order valence-electron chi connectivity index (χ3n) is 2.65. The van der Waals surface area contributed by atoms with Crippen LogP contribution in [0.5, 0.6) is 0 Å². The second-order valence-corrected chi connectivity index (χ2v) is 4.99. The topological polar surface area (TPSA) is 62.2 Å². The molecule has 0 fully saturated rings. The number of carboxylic acid groups (broad SMARTS) is 1. The number of benzene rings is 1. The molecule has 19 heavy (non-hydrogen) atoms. The summed E-state index contributed by atoms with van der Waals surface area (Å²) >= 11 is 3.34. The number of nitrogens with zero attached hydrogens (tertiary/aromatic N) is 1. The summed E-state index contributed by atoms with van der Waals surface area (Å²) in [4.78, 5) is 15.3. The van der Waals surface area contributed by atoms with Crippen molar-refractivity contribution in [1.82, 2.24) is 10.3 Å². The van der Waals surface area contributed by atoms with E-state index < -0.39 is 12.0 Å². The number of hydrogen-bond donors (Lipinski definition) is 2. The van der Waals surface area contributed by atoms with Crippen LogP contribution in [0, 0.1) is 0 Å². The number of rotatable bonds is 5. The maximum Gasteiger partial charge on any atom is 0.325 e. The van der Waals surface area contributed by atoms with Gasteiger partial charge in [0.2, 0.25) is 0 Å². The van der Waals surface area contributed by atoms with Gasteiger partial charge in [-0.25, -0.2) is 0 Å². The summed E-state index contributed by atoms with van der Waals surface area (Å²) in [6, 6.07) is 10.3. The first-order valence-electron chi connectivity index (χ1n) is 5.77. The molecule has 0 saturated carbocycles. The zero-order chi connectivity index (χ0) is 13.7. The highest BCUT2D eigenvalue weighted by Gasteiger charge is 2.18. The van der Waals surface area contributed by atoms with Gasteiger partial charge in [-0.3, -0.25) is 15.1 Å². The van der Waals surface area contributed by atoms with Crippen molar-refractivity contribution < 1.29 is 9.90 Å². The van der Waals surface area contributed by atoms with E-state index in [4.69, 9.17) is 0 Å². The molecule has 4 nitrogen and oxygen atoms in total. The van der Waals surface area contributed by atoms with E-state index in [0.29, 0.717) is 6.54 Å². The van der Waals surface area contributed by atoms with E-state index in [-0.39, 0.29) is 0 Å². The molecule has 0 bridgehead atoms. The first-order chi connectivity index (χ1) is 9.16. The summed E-state index contributed by atoms with van der Waals surface area (Å²) in [7, 11) is 0. The predicted molar refractivity (Wildman–Crippen MR) is 75.6 cm³/mol. The van der Waals surface area contributed by atoms with Gasteiger partial charge in [0.05, 0.1) is 0 Å². The van der Waals surface area contributed by atoms with E-state index in [1.165, 1.54) is 0 Å². The summed E-state index contributed by atoms with van der Waals surface area (Å²) in [5.74, 6) is -0.894. The molecule has 0 radical (unpaired) electrons. The minimum Gasteiger partial charge on any atom is -0.480 e. The quantitative estimate of drug-likeness (QED) is 0.889. The standard InChI is InChI=1S/C14H13BrN2O2/c15-12-6-10(7-16-9-12)8-17-13(14(18)19)11-4-2-1-3-5-11/h1-7,9,13,17H,8H2,(H,18,19). The Morgan fingerprint density at radius 3 is 2.68 bits per heavy atom. The van der Waals surface area contributed by atoms with Crippen molar-refractivity contribution in [3.05, 3.63) is 64.4 Å². The lowest BCUT2D eigenvalue weighted by Crippen LogP contribution is -2.28. The maximum atomic E-state index is 11.3. The predicted octanol–water partition coefficient (Wildman–Crippen LogP) is 2.76. The largest absolute Gasteiger partial charge is 0.480 e. The molecule has 0 amide bonds. The highest BCUT2D eigenvalue weighted by atomic mass is 79.9. The van der Waals surface area contributed by atoms with Gasteiger partial charge in [-0.1, -0.05) is 30.3 Å². The third kappa shape index (κ3) is 3.87. The van der Waals surface area contributed by atoms with Crippen molar-refractivity contribution in [2.75, 3.05) is 0 Å². The number of hydrogen-bond acceptors (Lipinski definition) is 3. The van der Waals surface area contributed by atoms with Crippen LogP contribution >= 0.6 is 15.9 Å². The molecular formula is C14H13BrN2O2. The molecule has 0 spiro atoms. The lowest BCUT2D eigenvalue weighted by Gasteiger charge is -2.14. The highest BCUT2D eigenvalue weighted by Crippen LogP contribution is 2.15. The van der Waals surface area contributed by atoms with Crippen molar-refractivity contribution in [2.45, 2.75) is 12.6 Å². The zero-order valence-corrected chi connectivity index (χ0v) is 11.7. The van der Waals surface area contributed by atoms with Crippen molar-refractivity contribution >= 4 is 21.9 Å². The summed E-state index contributed by atoms with van der Waals surface area (Å²) in [6.07, 6.45) is 3.40. The van der Waals surface area contributed by atoms with Gasteiger partial charge in [0.1, 0.15) is 6.04 Å². The molecule has 2 N–H and O–H groups in total. The minimum atomic E-state index is -0.894. The van der Waals surface area contributed by atoms with Gasteiger partial charge < -0.3 is 5.11 Å².